The highest BCUT2D eigenvalue weighted by molar-refractivity contribution is 5.90. The number of nitrogens with zero attached hydrogens (tertiary/aromatic N) is 2. The zero-order valence-corrected chi connectivity index (χ0v) is 13.6. The molecular formula is C17H21N3O3. The van der Waals surface area contributed by atoms with Gasteiger partial charge < -0.3 is 19.5 Å². The second-order valence-electron chi connectivity index (χ2n) is 5.83. The van der Waals surface area contributed by atoms with Crippen molar-refractivity contribution in [3.05, 3.63) is 41.3 Å². The van der Waals surface area contributed by atoms with Crippen molar-refractivity contribution < 1.29 is 14.1 Å². The fourth-order valence-electron chi connectivity index (χ4n) is 2.94. The van der Waals surface area contributed by atoms with Crippen molar-refractivity contribution in [3.63, 3.8) is 0 Å². The van der Waals surface area contributed by atoms with Crippen LogP contribution in [0.4, 0.5) is 10.5 Å². The molecule has 0 aliphatic carbocycles. The molecule has 0 spiro atoms. The number of likely N-dealkylation sites (tertiary alicyclic amines) is 1. The van der Waals surface area contributed by atoms with Crippen LogP contribution in [-0.4, -0.2) is 36.3 Å². The number of ether oxygens (including phenoxy) is 1. The number of aromatic nitrogens is 1. The largest absolute Gasteiger partial charge is 0.497 e. The predicted octanol–water partition coefficient (Wildman–Crippen LogP) is 3.32. The van der Waals surface area contributed by atoms with E-state index in [9.17, 15) is 4.79 Å². The third-order valence-electron chi connectivity index (χ3n) is 4.33. The lowest BCUT2D eigenvalue weighted by Crippen LogP contribution is -2.33. The van der Waals surface area contributed by atoms with Crippen LogP contribution in [0.15, 0.2) is 28.8 Å². The van der Waals surface area contributed by atoms with E-state index in [2.05, 4.69) is 22.6 Å². The number of carbonyl (C=O) groups excluding carboxylic acids is 1. The number of anilines is 1. The van der Waals surface area contributed by atoms with Crippen molar-refractivity contribution in [1.29, 1.82) is 0 Å². The molecule has 122 valence electrons. The molecule has 1 unspecified atom stereocenters. The van der Waals surface area contributed by atoms with Gasteiger partial charge in [0, 0.05) is 19.0 Å². The molecule has 1 aliphatic heterocycles. The Morgan fingerprint density at radius 1 is 1.35 bits per heavy atom. The number of benzene rings is 1. The normalized spacial score (nSPS) is 17.3. The average Bonchev–Trinajstić information content (AvgIpc) is 3.17. The monoisotopic (exact) mass is 315 g/mol. The lowest BCUT2D eigenvalue weighted by Gasteiger charge is -2.17. The summed E-state index contributed by atoms with van der Waals surface area (Å²) in [5.41, 5.74) is 2.60. The summed E-state index contributed by atoms with van der Waals surface area (Å²) < 4.78 is 10.3. The van der Waals surface area contributed by atoms with Crippen molar-refractivity contribution in [3.8, 4) is 5.75 Å². The molecule has 3 rings (SSSR count). The van der Waals surface area contributed by atoms with Gasteiger partial charge in [0.25, 0.3) is 0 Å². The van der Waals surface area contributed by atoms with E-state index in [0.717, 1.165) is 18.7 Å². The minimum absolute atomic E-state index is 0.101. The minimum atomic E-state index is -0.101. The molecule has 1 aliphatic rings. The van der Waals surface area contributed by atoms with E-state index in [-0.39, 0.29) is 6.03 Å². The molecule has 0 saturated carbocycles. The number of hydrogen-bond acceptors (Lipinski definition) is 4. The van der Waals surface area contributed by atoms with Gasteiger partial charge in [0.15, 0.2) is 5.76 Å². The predicted molar refractivity (Wildman–Crippen MR) is 86.9 cm³/mol. The zero-order valence-electron chi connectivity index (χ0n) is 13.6. The molecule has 1 saturated heterocycles. The molecule has 0 bridgehead atoms. The lowest BCUT2D eigenvalue weighted by molar-refractivity contribution is 0.222. The van der Waals surface area contributed by atoms with E-state index in [1.807, 2.05) is 24.0 Å². The Bertz CT molecular complexity index is 674. The van der Waals surface area contributed by atoms with E-state index in [1.165, 1.54) is 5.56 Å². The summed E-state index contributed by atoms with van der Waals surface area (Å²) in [5, 5.41) is 6.76. The summed E-state index contributed by atoms with van der Waals surface area (Å²) in [4.78, 5) is 14.3. The highest BCUT2D eigenvalue weighted by Gasteiger charge is 2.28. The lowest BCUT2D eigenvalue weighted by atomic mass is 9.98. The van der Waals surface area contributed by atoms with Crippen molar-refractivity contribution in [2.75, 3.05) is 25.5 Å². The maximum absolute atomic E-state index is 12.4. The Hall–Kier alpha value is -2.50. The highest BCUT2D eigenvalue weighted by atomic mass is 16.5. The van der Waals surface area contributed by atoms with Crippen LogP contribution in [0.1, 0.15) is 29.4 Å². The van der Waals surface area contributed by atoms with E-state index >= 15 is 0 Å². The van der Waals surface area contributed by atoms with Crippen LogP contribution in [0.25, 0.3) is 0 Å². The van der Waals surface area contributed by atoms with Crippen LogP contribution in [0.2, 0.25) is 0 Å². The van der Waals surface area contributed by atoms with Gasteiger partial charge in [-0.3, -0.25) is 0 Å². The first-order chi connectivity index (χ1) is 11.1. The molecular weight excluding hydrogens is 294 g/mol. The van der Waals surface area contributed by atoms with Crippen molar-refractivity contribution >= 4 is 11.7 Å². The van der Waals surface area contributed by atoms with Gasteiger partial charge in [-0.05, 0) is 38.0 Å². The number of nitrogens with one attached hydrogen (secondary N) is 1. The molecule has 1 fully saturated rings. The molecule has 6 nitrogen and oxygen atoms in total. The fourth-order valence-corrected chi connectivity index (χ4v) is 2.94. The van der Waals surface area contributed by atoms with E-state index < -0.39 is 0 Å². The molecule has 2 amide bonds. The highest BCUT2D eigenvalue weighted by Crippen LogP contribution is 2.29. The van der Waals surface area contributed by atoms with Crippen molar-refractivity contribution in [2.45, 2.75) is 26.2 Å². The van der Waals surface area contributed by atoms with Crippen LogP contribution < -0.4 is 10.1 Å². The number of carbonyl (C=O) groups is 1. The first-order valence-electron chi connectivity index (χ1n) is 7.71. The van der Waals surface area contributed by atoms with Crippen LogP contribution >= 0.6 is 0 Å². The summed E-state index contributed by atoms with van der Waals surface area (Å²) in [6, 6.07) is 7.96. The van der Waals surface area contributed by atoms with E-state index in [0.29, 0.717) is 29.6 Å². The van der Waals surface area contributed by atoms with Gasteiger partial charge in [0.1, 0.15) is 17.1 Å². The van der Waals surface area contributed by atoms with Gasteiger partial charge >= 0.3 is 6.03 Å². The third kappa shape index (κ3) is 3.16. The Balaban J connectivity index is 1.63. The number of aryl methyl sites for hydroxylation is 2. The Morgan fingerprint density at radius 3 is 2.70 bits per heavy atom. The van der Waals surface area contributed by atoms with Gasteiger partial charge in [-0.15, -0.1) is 0 Å². The second kappa shape index (κ2) is 6.32. The summed E-state index contributed by atoms with van der Waals surface area (Å²) >= 11 is 0. The summed E-state index contributed by atoms with van der Waals surface area (Å²) in [5.74, 6) is 1.83. The molecule has 6 heteroatoms. The topological polar surface area (TPSA) is 67.6 Å². The third-order valence-corrected chi connectivity index (χ3v) is 4.33. The molecule has 1 aromatic carbocycles. The van der Waals surface area contributed by atoms with E-state index in [1.54, 1.807) is 14.0 Å². The van der Waals surface area contributed by atoms with Crippen molar-refractivity contribution in [2.24, 2.45) is 0 Å². The number of amides is 2. The quantitative estimate of drug-likeness (QED) is 0.943. The van der Waals surface area contributed by atoms with E-state index in [4.69, 9.17) is 9.26 Å². The van der Waals surface area contributed by atoms with Gasteiger partial charge in [0.2, 0.25) is 0 Å². The van der Waals surface area contributed by atoms with Gasteiger partial charge in [-0.1, -0.05) is 17.3 Å². The van der Waals surface area contributed by atoms with Gasteiger partial charge in [0.05, 0.1) is 7.11 Å². The maximum atomic E-state index is 12.4. The number of hydrogen-bond donors (Lipinski definition) is 1. The first-order valence-corrected chi connectivity index (χ1v) is 7.71. The molecule has 1 N–H and O–H groups in total. The van der Waals surface area contributed by atoms with Gasteiger partial charge in [-0.2, -0.15) is 0 Å². The molecule has 23 heavy (non-hydrogen) atoms. The molecule has 1 aromatic heterocycles. The molecule has 0 radical (unpaired) electrons. The Kier molecular flexibility index (Phi) is 4.23. The smallest absolute Gasteiger partial charge is 0.322 e. The fraction of sp³-hybridized carbons (Fsp3) is 0.412. The summed E-state index contributed by atoms with van der Waals surface area (Å²) in [7, 11) is 1.66. The zero-order chi connectivity index (χ0) is 16.4. The first kappa shape index (κ1) is 15.4. The van der Waals surface area contributed by atoms with Gasteiger partial charge in [-0.25, -0.2) is 4.79 Å². The standard InChI is InChI=1S/C17H21N3O3/c1-11-16(12(2)23-19-11)18-17(21)20-9-8-14(10-20)13-4-6-15(22-3)7-5-13/h4-7,14H,8-10H2,1-3H3,(H,18,21). The van der Waals surface area contributed by atoms with Crippen LogP contribution in [0, 0.1) is 13.8 Å². The molecule has 2 heterocycles. The Morgan fingerprint density at radius 2 is 2.09 bits per heavy atom. The van der Waals surface area contributed by atoms with Crippen LogP contribution in [0.3, 0.4) is 0 Å². The molecule has 1 atom stereocenters. The average molecular weight is 315 g/mol. The second-order valence-corrected chi connectivity index (χ2v) is 5.83. The summed E-state index contributed by atoms with van der Waals surface area (Å²) in [6.45, 7) is 5.06. The molecule has 2 aromatic rings. The Labute approximate surface area is 135 Å². The SMILES string of the molecule is COc1ccc(C2CCN(C(=O)Nc3c(C)noc3C)C2)cc1. The van der Waals surface area contributed by atoms with Crippen LogP contribution in [-0.2, 0) is 0 Å². The maximum Gasteiger partial charge on any atom is 0.322 e. The minimum Gasteiger partial charge on any atom is -0.497 e. The number of methoxy groups -OCH3 is 1. The summed E-state index contributed by atoms with van der Waals surface area (Å²) in [6.07, 6.45) is 0.960. The number of urea groups is 1. The van der Waals surface area contributed by atoms with Crippen molar-refractivity contribution in [1.82, 2.24) is 10.1 Å². The van der Waals surface area contributed by atoms with Crippen LogP contribution in [0.5, 0.6) is 5.75 Å². The number of rotatable bonds is 3.